The zero-order valence-electron chi connectivity index (χ0n) is 11.9. The van der Waals surface area contributed by atoms with Crippen LogP contribution in [0.15, 0.2) is 24.3 Å². The molecule has 2 rings (SSSR count). The monoisotopic (exact) mass is 276 g/mol. The summed E-state index contributed by atoms with van der Waals surface area (Å²) in [5.41, 5.74) is 1.06. The molecule has 1 aliphatic carbocycles. The van der Waals surface area contributed by atoms with Crippen LogP contribution in [0, 0.1) is 0 Å². The van der Waals surface area contributed by atoms with Crippen molar-refractivity contribution in [3.8, 4) is 5.75 Å². The van der Waals surface area contributed by atoms with Gasteiger partial charge in [0.1, 0.15) is 11.9 Å². The highest BCUT2D eigenvalue weighted by Gasteiger charge is 2.29. The molecule has 2 atom stereocenters. The SMILES string of the molecule is CC(=O)Oc1cccc([C@@H]2CCCC[C@@H]2OC(C)=O)c1. The van der Waals surface area contributed by atoms with Crippen LogP contribution in [0.1, 0.15) is 51.0 Å². The standard InChI is InChI=1S/C16H20O4/c1-11(17)19-14-7-5-6-13(10-14)15-8-3-4-9-16(15)20-12(2)18/h5-7,10,15-16H,3-4,8-9H2,1-2H3/t15-,16-/m0/s1. The minimum atomic E-state index is -0.331. The number of hydrogen-bond donors (Lipinski definition) is 0. The molecule has 0 bridgehead atoms. The topological polar surface area (TPSA) is 52.6 Å². The van der Waals surface area contributed by atoms with Gasteiger partial charge in [-0.25, -0.2) is 0 Å². The Labute approximate surface area is 119 Å². The van der Waals surface area contributed by atoms with Gasteiger partial charge in [-0.1, -0.05) is 18.6 Å². The van der Waals surface area contributed by atoms with Gasteiger partial charge in [0, 0.05) is 19.8 Å². The largest absolute Gasteiger partial charge is 0.462 e. The Balaban J connectivity index is 2.18. The molecule has 108 valence electrons. The average molecular weight is 276 g/mol. The second kappa shape index (κ2) is 6.55. The van der Waals surface area contributed by atoms with Crippen LogP contribution in [0.5, 0.6) is 5.75 Å². The average Bonchev–Trinajstić information content (AvgIpc) is 2.38. The molecule has 0 amide bonds. The Bertz CT molecular complexity index is 495. The third-order valence-corrected chi connectivity index (χ3v) is 3.57. The van der Waals surface area contributed by atoms with E-state index in [4.69, 9.17) is 9.47 Å². The number of carbonyl (C=O) groups excluding carboxylic acids is 2. The molecular formula is C16H20O4. The van der Waals surface area contributed by atoms with Gasteiger partial charge in [-0.2, -0.15) is 0 Å². The summed E-state index contributed by atoms with van der Waals surface area (Å²) in [4.78, 5) is 22.2. The lowest BCUT2D eigenvalue weighted by Gasteiger charge is -2.31. The molecule has 1 aromatic carbocycles. The van der Waals surface area contributed by atoms with E-state index >= 15 is 0 Å². The van der Waals surface area contributed by atoms with Gasteiger partial charge in [0.15, 0.2) is 0 Å². The van der Waals surface area contributed by atoms with E-state index in [1.165, 1.54) is 13.8 Å². The van der Waals surface area contributed by atoms with Crippen LogP contribution >= 0.6 is 0 Å². The summed E-state index contributed by atoms with van der Waals surface area (Å²) in [5, 5.41) is 0. The van der Waals surface area contributed by atoms with Crippen LogP contribution in [-0.2, 0) is 14.3 Å². The Kier molecular flexibility index (Phi) is 4.77. The summed E-state index contributed by atoms with van der Waals surface area (Å²) >= 11 is 0. The summed E-state index contributed by atoms with van der Waals surface area (Å²) in [5.74, 6) is 0.158. The molecule has 0 aliphatic heterocycles. The zero-order chi connectivity index (χ0) is 14.5. The van der Waals surface area contributed by atoms with Crippen LogP contribution in [0.2, 0.25) is 0 Å². The maximum atomic E-state index is 11.2. The molecule has 1 fully saturated rings. The van der Waals surface area contributed by atoms with Crippen LogP contribution in [0.25, 0.3) is 0 Å². The molecule has 1 saturated carbocycles. The lowest BCUT2D eigenvalue weighted by atomic mass is 9.81. The van der Waals surface area contributed by atoms with Crippen molar-refractivity contribution in [2.24, 2.45) is 0 Å². The highest BCUT2D eigenvalue weighted by atomic mass is 16.5. The minimum absolute atomic E-state index is 0.0752. The second-order valence-corrected chi connectivity index (χ2v) is 5.20. The van der Waals surface area contributed by atoms with Crippen molar-refractivity contribution in [1.29, 1.82) is 0 Å². The van der Waals surface area contributed by atoms with Gasteiger partial charge in [-0.15, -0.1) is 0 Å². The fourth-order valence-corrected chi connectivity index (χ4v) is 2.81. The smallest absolute Gasteiger partial charge is 0.308 e. The van der Waals surface area contributed by atoms with E-state index in [0.29, 0.717) is 5.75 Å². The van der Waals surface area contributed by atoms with E-state index in [1.807, 2.05) is 18.2 Å². The first-order valence-electron chi connectivity index (χ1n) is 7.02. The maximum Gasteiger partial charge on any atom is 0.308 e. The molecule has 1 aromatic rings. The Morgan fingerprint density at radius 3 is 2.55 bits per heavy atom. The third kappa shape index (κ3) is 3.83. The number of rotatable bonds is 3. The van der Waals surface area contributed by atoms with Crippen LogP contribution in [0.4, 0.5) is 0 Å². The van der Waals surface area contributed by atoms with Crippen molar-refractivity contribution < 1.29 is 19.1 Å². The van der Waals surface area contributed by atoms with Crippen molar-refractivity contribution in [2.75, 3.05) is 0 Å². The second-order valence-electron chi connectivity index (χ2n) is 5.20. The molecule has 0 saturated heterocycles. The fourth-order valence-electron chi connectivity index (χ4n) is 2.81. The summed E-state index contributed by atoms with van der Waals surface area (Å²) in [6.07, 6.45) is 4.01. The van der Waals surface area contributed by atoms with E-state index in [9.17, 15) is 9.59 Å². The van der Waals surface area contributed by atoms with Crippen molar-refractivity contribution in [1.82, 2.24) is 0 Å². The minimum Gasteiger partial charge on any atom is -0.462 e. The normalized spacial score (nSPS) is 22.1. The fraction of sp³-hybridized carbons (Fsp3) is 0.500. The first kappa shape index (κ1) is 14.6. The van der Waals surface area contributed by atoms with Crippen molar-refractivity contribution in [2.45, 2.75) is 51.6 Å². The Morgan fingerprint density at radius 1 is 1.10 bits per heavy atom. The molecule has 0 radical (unpaired) electrons. The summed E-state index contributed by atoms with van der Waals surface area (Å²) in [6.45, 7) is 2.83. The zero-order valence-corrected chi connectivity index (χ0v) is 11.9. The molecule has 0 spiro atoms. The molecule has 4 nitrogen and oxygen atoms in total. The molecule has 20 heavy (non-hydrogen) atoms. The van der Waals surface area contributed by atoms with Crippen LogP contribution in [0.3, 0.4) is 0 Å². The number of esters is 2. The molecule has 0 N–H and O–H groups in total. The highest BCUT2D eigenvalue weighted by Crippen LogP contribution is 2.36. The molecule has 0 unspecified atom stereocenters. The van der Waals surface area contributed by atoms with Gasteiger partial charge < -0.3 is 9.47 Å². The third-order valence-electron chi connectivity index (χ3n) is 3.57. The summed E-state index contributed by atoms with van der Waals surface area (Å²) < 4.78 is 10.5. The van der Waals surface area contributed by atoms with Crippen LogP contribution in [-0.4, -0.2) is 18.0 Å². The van der Waals surface area contributed by atoms with Gasteiger partial charge in [0.25, 0.3) is 0 Å². The number of ether oxygens (including phenoxy) is 2. The molecule has 0 heterocycles. The quantitative estimate of drug-likeness (QED) is 0.628. The Morgan fingerprint density at radius 2 is 1.85 bits per heavy atom. The van der Waals surface area contributed by atoms with Crippen molar-refractivity contribution in [3.05, 3.63) is 29.8 Å². The van der Waals surface area contributed by atoms with Crippen molar-refractivity contribution in [3.63, 3.8) is 0 Å². The van der Waals surface area contributed by atoms with E-state index in [2.05, 4.69) is 0 Å². The van der Waals surface area contributed by atoms with Gasteiger partial charge >= 0.3 is 11.9 Å². The maximum absolute atomic E-state index is 11.2. The van der Waals surface area contributed by atoms with E-state index < -0.39 is 0 Å². The van der Waals surface area contributed by atoms with Gasteiger partial charge in [0.05, 0.1) is 0 Å². The van der Waals surface area contributed by atoms with E-state index in [0.717, 1.165) is 31.2 Å². The van der Waals surface area contributed by atoms with Crippen LogP contribution < -0.4 is 4.74 Å². The summed E-state index contributed by atoms with van der Waals surface area (Å²) in [7, 11) is 0. The van der Waals surface area contributed by atoms with E-state index in [1.54, 1.807) is 6.07 Å². The highest BCUT2D eigenvalue weighted by molar-refractivity contribution is 5.69. The first-order chi connectivity index (χ1) is 9.56. The lowest BCUT2D eigenvalue weighted by molar-refractivity contribution is -0.148. The summed E-state index contributed by atoms with van der Waals surface area (Å²) in [6, 6.07) is 7.50. The molecule has 0 aromatic heterocycles. The molecular weight excluding hydrogens is 256 g/mol. The predicted molar refractivity (Wildman–Crippen MR) is 74.5 cm³/mol. The molecule has 4 heteroatoms. The van der Waals surface area contributed by atoms with E-state index in [-0.39, 0.29) is 24.0 Å². The Hall–Kier alpha value is -1.84. The van der Waals surface area contributed by atoms with Crippen molar-refractivity contribution >= 4 is 11.9 Å². The number of benzene rings is 1. The predicted octanol–water partition coefficient (Wildman–Crippen LogP) is 3.20. The van der Waals surface area contributed by atoms with Gasteiger partial charge in [0.2, 0.25) is 0 Å². The lowest BCUT2D eigenvalue weighted by Crippen LogP contribution is -2.27. The van der Waals surface area contributed by atoms with Gasteiger partial charge in [-0.05, 0) is 37.0 Å². The molecule has 1 aliphatic rings. The van der Waals surface area contributed by atoms with Gasteiger partial charge in [-0.3, -0.25) is 9.59 Å². The number of hydrogen-bond acceptors (Lipinski definition) is 4. The number of carbonyl (C=O) groups is 2. The first-order valence-corrected chi connectivity index (χ1v) is 7.02.